The van der Waals surface area contributed by atoms with Gasteiger partial charge in [-0.05, 0) is 31.6 Å². The van der Waals surface area contributed by atoms with Crippen molar-refractivity contribution in [3.05, 3.63) is 0 Å². The van der Waals surface area contributed by atoms with Gasteiger partial charge in [-0.2, -0.15) is 0 Å². The molecule has 1 aliphatic heterocycles. The largest absolute Gasteiger partial charge is 0.311 e. The van der Waals surface area contributed by atoms with Gasteiger partial charge in [-0.15, -0.1) is 0 Å². The number of hydrogen-bond donors (Lipinski definition) is 1. The lowest BCUT2D eigenvalue weighted by Gasteiger charge is -2.46. The summed E-state index contributed by atoms with van der Waals surface area (Å²) < 4.78 is 0. The Morgan fingerprint density at radius 2 is 1.94 bits per heavy atom. The summed E-state index contributed by atoms with van der Waals surface area (Å²) in [5, 5.41) is 3.72. The molecule has 3 atom stereocenters. The van der Waals surface area contributed by atoms with Crippen LogP contribution in [0, 0.1) is 11.3 Å². The predicted octanol–water partition coefficient (Wildman–Crippen LogP) is 2.88. The Balaban J connectivity index is 1.93. The normalized spacial score (nSPS) is 33.7. The molecule has 0 radical (unpaired) electrons. The van der Waals surface area contributed by atoms with Crippen LogP contribution in [0.4, 0.5) is 0 Å². The van der Waals surface area contributed by atoms with E-state index >= 15 is 0 Å². The average molecular weight is 238 g/mol. The highest BCUT2D eigenvalue weighted by Gasteiger charge is 2.35. The molecule has 0 aromatic carbocycles. The first kappa shape index (κ1) is 13.4. The third-order valence-electron chi connectivity index (χ3n) is 4.60. The summed E-state index contributed by atoms with van der Waals surface area (Å²) in [5.41, 5.74) is 0.373. The third-order valence-corrected chi connectivity index (χ3v) is 4.60. The van der Waals surface area contributed by atoms with Crippen molar-refractivity contribution < 1.29 is 0 Å². The molecule has 2 nitrogen and oxygen atoms in total. The van der Waals surface area contributed by atoms with Crippen LogP contribution in [0.2, 0.25) is 0 Å². The maximum Gasteiger partial charge on any atom is 0.0244 e. The van der Waals surface area contributed by atoms with Crippen molar-refractivity contribution in [2.24, 2.45) is 11.3 Å². The number of nitrogens with zero attached hydrogens (tertiary/aromatic N) is 1. The highest BCUT2D eigenvalue weighted by Crippen LogP contribution is 2.35. The molecule has 2 fully saturated rings. The molecule has 1 saturated heterocycles. The molecule has 1 heterocycles. The van der Waals surface area contributed by atoms with Crippen molar-refractivity contribution in [1.82, 2.24) is 10.2 Å². The molecule has 0 aromatic rings. The molecule has 0 bridgehead atoms. The van der Waals surface area contributed by atoms with E-state index in [1.54, 1.807) is 0 Å². The summed E-state index contributed by atoms with van der Waals surface area (Å²) in [4.78, 5) is 2.74. The first-order valence-electron chi connectivity index (χ1n) is 7.37. The first-order chi connectivity index (χ1) is 7.88. The van der Waals surface area contributed by atoms with Crippen LogP contribution in [0.25, 0.3) is 0 Å². The van der Waals surface area contributed by atoms with Crippen LogP contribution in [-0.4, -0.2) is 36.1 Å². The van der Waals surface area contributed by atoms with E-state index in [4.69, 9.17) is 0 Å². The summed E-state index contributed by atoms with van der Waals surface area (Å²) in [7, 11) is 0. The monoisotopic (exact) mass is 238 g/mol. The third kappa shape index (κ3) is 3.45. The van der Waals surface area contributed by atoms with E-state index < -0.39 is 0 Å². The van der Waals surface area contributed by atoms with Crippen molar-refractivity contribution in [2.75, 3.05) is 13.1 Å². The first-order valence-corrected chi connectivity index (χ1v) is 7.37. The zero-order valence-corrected chi connectivity index (χ0v) is 12.3. The fourth-order valence-electron chi connectivity index (χ4n) is 3.05. The molecule has 2 rings (SSSR count). The molecule has 1 saturated carbocycles. The Bertz CT molecular complexity index is 252. The molecular formula is C15H30N2. The highest BCUT2D eigenvalue weighted by atomic mass is 15.3. The van der Waals surface area contributed by atoms with Gasteiger partial charge < -0.3 is 5.32 Å². The van der Waals surface area contributed by atoms with Gasteiger partial charge in [0.1, 0.15) is 0 Å². The van der Waals surface area contributed by atoms with Crippen molar-refractivity contribution in [3.63, 3.8) is 0 Å². The fraction of sp³-hybridized carbons (Fsp3) is 1.00. The van der Waals surface area contributed by atoms with Crippen LogP contribution in [0.3, 0.4) is 0 Å². The van der Waals surface area contributed by atoms with E-state index in [1.807, 2.05) is 0 Å². The summed E-state index contributed by atoms with van der Waals surface area (Å²) >= 11 is 0. The van der Waals surface area contributed by atoms with Crippen LogP contribution in [0.15, 0.2) is 0 Å². The fourth-order valence-corrected chi connectivity index (χ4v) is 3.05. The lowest BCUT2D eigenvalue weighted by molar-refractivity contribution is 0.0581. The maximum absolute atomic E-state index is 3.72. The van der Waals surface area contributed by atoms with Crippen molar-refractivity contribution in [2.45, 2.75) is 72.0 Å². The van der Waals surface area contributed by atoms with Crippen LogP contribution >= 0.6 is 0 Å². The highest BCUT2D eigenvalue weighted by molar-refractivity contribution is 4.93. The van der Waals surface area contributed by atoms with Crippen molar-refractivity contribution >= 4 is 0 Å². The quantitative estimate of drug-likeness (QED) is 0.813. The Hall–Kier alpha value is -0.0800. The van der Waals surface area contributed by atoms with Gasteiger partial charge in [0, 0.05) is 31.2 Å². The van der Waals surface area contributed by atoms with E-state index in [0.717, 1.165) is 18.5 Å². The Kier molecular flexibility index (Phi) is 3.84. The number of hydrogen-bond acceptors (Lipinski definition) is 2. The van der Waals surface area contributed by atoms with E-state index in [-0.39, 0.29) is 0 Å². The van der Waals surface area contributed by atoms with Gasteiger partial charge in [-0.1, -0.05) is 33.6 Å². The lowest BCUT2D eigenvalue weighted by atomic mass is 9.84. The molecule has 0 spiro atoms. The second-order valence-electron chi connectivity index (χ2n) is 7.40. The summed E-state index contributed by atoms with van der Waals surface area (Å²) in [6.07, 6.45) is 4.38. The van der Waals surface area contributed by atoms with Gasteiger partial charge in [0.25, 0.3) is 0 Å². The average Bonchev–Trinajstić information content (AvgIpc) is 3.00. The lowest BCUT2D eigenvalue weighted by Crippen LogP contribution is -2.61. The predicted molar refractivity (Wildman–Crippen MR) is 74.2 cm³/mol. The minimum atomic E-state index is 0.373. The summed E-state index contributed by atoms with van der Waals surface area (Å²) in [5.74, 6) is 1.04. The second-order valence-corrected chi connectivity index (χ2v) is 7.40. The Morgan fingerprint density at radius 3 is 2.47 bits per heavy atom. The van der Waals surface area contributed by atoms with Gasteiger partial charge in [0.2, 0.25) is 0 Å². The van der Waals surface area contributed by atoms with Crippen LogP contribution in [0.1, 0.15) is 53.9 Å². The minimum absolute atomic E-state index is 0.373. The van der Waals surface area contributed by atoms with Gasteiger partial charge in [0.05, 0.1) is 0 Å². The summed E-state index contributed by atoms with van der Waals surface area (Å²) in [6, 6.07) is 2.10. The molecule has 17 heavy (non-hydrogen) atoms. The SMILES string of the molecule is CC1CNC(C(C)(C)C)CN1C(C)CC1CC1. The molecule has 0 amide bonds. The zero-order valence-electron chi connectivity index (χ0n) is 12.3. The van der Waals surface area contributed by atoms with Crippen molar-refractivity contribution in [1.29, 1.82) is 0 Å². The van der Waals surface area contributed by atoms with Gasteiger partial charge in [-0.3, -0.25) is 4.90 Å². The topological polar surface area (TPSA) is 15.3 Å². The second kappa shape index (κ2) is 4.89. The number of piperazine rings is 1. The Morgan fingerprint density at radius 1 is 1.29 bits per heavy atom. The van der Waals surface area contributed by atoms with E-state index in [9.17, 15) is 0 Å². The van der Waals surface area contributed by atoms with Gasteiger partial charge in [-0.25, -0.2) is 0 Å². The van der Waals surface area contributed by atoms with Crippen LogP contribution in [0.5, 0.6) is 0 Å². The van der Waals surface area contributed by atoms with Crippen LogP contribution < -0.4 is 5.32 Å². The van der Waals surface area contributed by atoms with Crippen molar-refractivity contribution in [3.8, 4) is 0 Å². The number of nitrogens with one attached hydrogen (secondary N) is 1. The maximum atomic E-state index is 3.72. The molecule has 100 valence electrons. The molecule has 2 aliphatic rings. The molecule has 1 N–H and O–H groups in total. The smallest absolute Gasteiger partial charge is 0.0244 e. The summed E-state index contributed by atoms with van der Waals surface area (Å²) in [6.45, 7) is 14.2. The molecule has 0 aromatic heterocycles. The van der Waals surface area contributed by atoms with E-state index in [1.165, 1.54) is 25.8 Å². The van der Waals surface area contributed by atoms with Gasteiger partial charge >= 0.3 is 0 Å². The molecule has 2 heteroatoms. The van der Waals surface area contributed by atoms with Gasteiger partial charge in [0.15, 0.2) is 0 Å². The standard InChI is InChI=1S/C15H30N2/c1-11(8-13-6-7-13)17-10-14(15(3,4)5)16-9-12(17)2/h11-14,16H,6-10H2,1-5H3. The molecule has 3 unspecified atom stereocenters. The molecular weight excluding hydrogens is 208 g/mol. The number of rotatable bonds is 3. The molecule has 1 aliphatic carbocycles. The zero-order chi connectivity index (χ0) is 12.6. The van der Waals surface area contributed by atoms with E-state index in [0.29, 0.717) is 17.5 Å². The van der Waals surface area contributed by atoms with Crippen LogP contribution in [-0.2, 0) is 0 Å². The Labute approximate surface area is 107 Å². The minimum Gasteiger partial charge on any atom is -0.311 e. The van der Waals surface area contributed by atoms with E-state index in [2.05, 4.69) is 44.8 Å².